The number of nitrogens with zero attached hydrogens (tertiary/aromatic N) is 3. The van der Waals surface area contributed by atoms with Crippen LogP contribution in [0.15, 0.2) is 12.4 Å². The third-order valence-electron chi connectivity index (χ3n) is 2.55. The van der Waals surface area contributed by atoms with Gasteiger partial charge in [-0.15, -0.1) is 0 Å². The Morgan fingerprint density at radius 3 is 2.94 bits per heavy atom. The molecule has 0 amide bonds. The third-order valence-corrected chi connectivity index (χ3v) is 2.55. The van der Waals surface area contributed by atoms with E-state index in [1.54, 1.807) is 7.11 Å². The van der Waals surface area contributed by atoms with Crippen molar-refractivity contribution in [1.29, 1.82) is 0 Å². The van der Waals surface area contributed by atoms with Crippen molar-refractivity contribution in [3.05, 3.63) is 18.2 Å². The molecule has 0 spiro atoms. The van der Waals surface area contributed by atoms with Crippen LogP contribution in [0.1, 0.15) is 5.82 Å². The van der Waals surface area contributed by atoms with Crippen LogP contribution >= 0.6 is 0 Å². The van der Waals surface area contributed by atoms with Crippen LogP contribution in [-0.4, -0.2) is 54.8 Å². The van der Waals surface area contributed by atoms with Crippen molar-refractivity contribution in [2.24, 2.45) is 7.05 Å². The van der Waals surface area contributed by atoms with Gasteiger partial charge in [-0.1, -0.05) is 0 Å². The number of aromatic nitrogens is 2. The zero-order chi connectivity index (χ0) is 11.8. The van der Waals surface area contributed by atoms with Crippen LogP contribution in [0.25, 0.3) is 0 Å². The Morgan fingerprint density at radius 1 is 1.50 bits per heavy atom. The van der Waals surface area contributed by atoms with Gasteiger partial charge in [0.05, 0.1) is 13.2 Å². The van der Waals surface area contributed by atoms with Crippen LogP contribution in [-0.2, 0) is 18.3 Å². The van der Waals surface area contributed by atoms with Gasteiger partial charge in [0.2, 0.25) is 0 Å². The van der Waals surface area contributed by atoms with Gasteiger partial charge in [-0.3, -0.25) is 0 Å². The van der Waals surface area contributed by atoms with Gasteiger partial charge in [-0.2, -0.15) is 0 Å². The first-order valence-corrected chi connectivity index (χ1v) is 5.58. The summed E-state index contributed by atoms with van der Waals surface area (Å²) in [4.78, 5) is 6.49. The van der Waals surface area contributed by atoms with Crippen LogP contribution < -0.4 is 5.32 Å². The molecule has 0 aliphatic rings. The number of likely N-dealkylation sites (N-methyl/N-ethyl adjacent to an activating group) is 1. The molecule has 0 aromatic carbocycles. The van der Waals surface area contributed by atoms with Crippen molar-refractivity contribution in [3.63, 3.8) is 0 Å². The molecule has 0 unspecified atom stereocenters. The van der Waals surface area contributed by atoms with Crippen molar-refractivity contribution in [3.8, 4) is 0 Å². The number of aryl methyl sites for hydroxylation is 1. The van der Waals surface area contributed by atoms with Gasteiger partial charge in [0, 0.05) is 46.2 Å². The molecule has 0 fully saturated rings. The molecule has 1 aromatic heterocycles. The SMILES string of the molecule is COCCN(C)CCNCc1nccn1C. The van der Waals surface area contributed by atoms with Crippen molar-refractivity contribution in [2.45, 2.75) is 6.54 Å². The summed E-state index contributed by atoms with van der Waals surface area (Å²) in [5.74, 6) is 1.07. The average Bonchev–Trinajstić information content (AvgIpc) is 2.67. The molecule has 0 saturated carbocycles. The van der Waals surface area contributed by atoms with Crippen molar-refractivity contribution in [1.82, 2.24) is 19.8 Å². The number of hydrogen-bond acceptors (Lipinski definition) is 4. The molecule has 1 N–H and O–H groups in total. The highest BCUT2D eigenvalue weighted by molar-refractivity contribution is 4.90. The molecule has 0 aliphatic heterocycles. The molecular formula is C11H22N4O. The zero-order valence-electron chi connectivity index (χ0n) is 10.4. The van der Waals surface area contributed by atoms with E-state index in [1.807, 2.05) is 24.0 Å². The van der Waals surface area contributed by atoms with Crippen molar-refractivity contribution in [2.75, 3.05) is 40.4 Å². The largest absolute Gasteiger partial charge is 0.383 e. The molecule has 1 rings (SSSR count). The summed E-state index contributed by atoms with van der Waals surface area (Å²) in [7, 11) is 5.84. The lowest BCUT2D eigenvalue weighted by molar-refractivity contribution is 0.161. The fourth-order valence-electron chi connectivity index (χ4n) is 1.40. The third kappa shape index (κ3) is 4.74. The second kappa shape index (κ2) is 7.38. The summed E-state index contributed by atoms with van der Waals surface area (Å²) in [5, 5.41) is 3.37. The maximum atomic E-state index is 5.02. The maximum Gasteiger partial charge on any atom is 0.122 e. The van der Waals surface area contributed by atoms with Crippen LogP contribution in [0.5, 0.6) is 0 Å². The van der Waals surface area contributed by atoms with E-state index in [4.69, 9.17) is 4.74 Å². The number of ether oxygens (including phenoxy) is 1. The molecule has 5 nitrogen and oxygen atoms in total. The number of hydrogen-bond donors (Lipinski definition) is 1. The molecule has 0 saturated heterocycles. The van der Waals surface area contributed by atoms with E-state index in [-0.39, 0.29) is 0 Å². The smallest absolute Gasteiger partial charge is 0.122 e. The lowest BCUT2D eigenvalue weighted by Gasteiger charge is -2.16. The van der Waals surface area contributed by atoms with E-state index in [0.717, 1.165) is 38.6 Å². The van der Waals surface area contributed by atoms with Gasteiger partial charge in [0.25, 0.3) is 0 Å². The van der Waals surface area contributed by atoms with E-state index in [9.17, 15) is 0 Å². The Hall–Kier alpha value is -0.910. The van der Waals surface area contributed by atoms with Crippen LogP contribution in [0.2, 0.25) is 0 Å². The minimum atomic E-state index is 0.788. The van der Waals surface area contributed by atoms with E-state index in [2.05, 4.69) is 22.2 Å². The molecule has 92 valence electrons. The van der Waals surface area contributed by atoms with E-state index >= 15 is 0 Å². The van der Waals surface area contributed by atoms with Crippen LogP contribution in [0, 0.1) is 0 Å². The molecule has 0 radical (unpaired) electrons. The molecule has 0 bridgehead atoms. The van der Waals surface area contributed by atoms with E-state index in [1.165, 1.54) is 0 Å². The zero-order valence-corrected chi connectivity index (χ0v) is 10.4. The summed E-state index contributed by atoms with van der Waals surface area (Å²) in [5.41, 5.74) is 0. The van der Waals surface area contributed by atoms with Gasteiger partial charge in [0.15, 0.2) is 0 Å². The summed E-state index contributed by atoms with van der Waals surface area (Å²) in [6, 6.07) is 0. The Bertz CT molecular complexity index is 287. The Labute approximate surface area is 97.4 Å². The molecule has 5 heteroatoms. The number of nitrogens with one attached hydrogen (secondary N) is 1. The summed E-state index contributed by atoms with van der Waals surface area (Å²) in [6.45, 7) is 4.57. The highest BCUT2D eigenvalue weighted by Crippen LogP contribution is 1.92. The minimum Gasteiger partial charge on any atom is -0.383 e. The van der Waals surface area contributed by atoms with E-state index in [0.29, 0.717) is 0 Å². The molecule has 0 aliphatic carbocycles. The Balaban J connectivity index is 2.06. The fourth-order valence-corrected chi connectivity index (χ4v) is 1.40. The Morgan fingerprint density at radius 2 is 2.31 bits per heavy atom. The van der Waals surface area contributed by atoms with Gasteiger partial charge < -0.3 is 19.5 Å². The maximum absolute atomic E-state index is 5.02. The summed E-state index contributed by atoms with van der Waals surface area (Å²) in [6.07, 6.45) is 3.78. The van der Waals surface area contributed by atoms with Crippen LogP contribution in [0.4, 0.5) is 0 Å². The van der Waals surface area contributed by atoms with E-state index < -0.39 is 0 Å². The first kappa shape index (κ1) is 13.2. The molecule has 1 aromatic rings. The first-order chi connectivity index (χ1) is 7.74. The molecular weight excluding hydrogens is 204 g/mol. The van der Waals surface area contributed by atoms with Crippen LogP contribution in [0.3, 0.4) is 0 Å². The highest BCUT2D eigenvalue weighted by Gasteiger charge is 1.99. The van der Waals surface area contributed by atoms with Gasteiger partial charge in [0.1, 0.15) is 5.82 Å². The Kier molecular flexibility index (Phi) is 6.07. The minimum absolute atomic E-state index is 0.788. The second-order valence-corrected chi connectivity index (χ2v) is 3.93. The predicted molar refractivity (Wildman–Crippen MR) is 64.3 cm³/mol. The summed E-state index contributed by atoms with van der Waals surface area (Å²) >= 11 is 0. The molecule has 0 atom stereocenters. The van der Waals surface area contributed by atoms with Gasteiger partial charge in [-0.25, -0.2) is 4.98 Å². The fraction of sp³-hybridized carbons (Fsp3) is 0.727. The standard InChI is InChI=1S/C11H22N4O/c1-14(8-9-16-3)6-4-12-10-11-13-5-7-15(11)2/h5,7,12H,4,6,8-10H2,1-3H3. The molecule has 1 heterocycles. The predicted octanol–water partition coefficient (Wildman–Crippen LogP) is 0.0879. The topological polar surface area (TPSA) is 42.3 Å². The second-order valence-electron chi connectivity index (χ2n) is 3.93. The van der Waals surface area contributed by atoms with Gasteiger partial charge in [-0.05, 0) is 7.05 Å². The first-order valence-electron chi connectivity index (χ1n) is 5.58. The molecule has 16 heavy (non-hydrogen) atoms. The monoisotopic (exact) mass is 226 g/mol. The lowest BCUT2D eigenvalue weighted by Crippen LogP contribution is -2.31. The number of imidazole rings is 1. The highest BCUT2D eigenvalue weighted by atomic mass is 16.5. The average molecular weight is 226 g/mol. The van der Waals surface area contributed by atoms with Crippen molar-refractivity contribution < 1.29 is 4.74 Å². The van der Waals surface area contributed by atoms with Crippen molar-refractivity contribution >= 4 is 0 Å². The summed E-state index contributed by atoms with van der Waals surface area (Å²) < 4.78 is 7.05. The lowest BCUT2D eigenvalue weighted by atomic mass is 10.5. The van der Waals surface area contributed by atoms with Gasteiger partial charge >= 0.3 is 0 Å². The number of methoxy groups -OCH3 is 1. The quantitative estimate of drug-likeness (QED) is 0.638. The normalized spacial score (nSPS) is 11.2. The number of rotatable bonds is 8.